The Morgan fingerprint density at radius 3 is 2.84 bits per heavy atom. The Kier molecular flexibility index (Phi) is 3.21. The molecule has 5 heteroatoms. The molecule has 19 heavy (non-hydrogen) atoms. The van der Waals surface area contributed by atoms with Crippen LogP contribution >= 0.6 is 11.6 Å². The summed E-state index contributed by atoms with van der Waals surface area (Å²) in [6, 6.07) is 3.62. The van der Waals surface area contributed by atoms with Crippen molar-refractivity contribution >= 4 is 11.6 Å². The van der Waals surface area contributed by atoms with Crippen molar-refractivity contribution in [1.29, 1.82) is 0 Å². The molecule has 0 unspecified atom stereocenters. The van der Waals surface area contributed by atoms with Crippen molar-refractivity contribution < 1.29 is 0 Å². The van der Waals surface area contributed by atoms with Crippen molar-refractivity contribution in [3.8, 4) is 11.5 Å². The summed E-state index contributed by atoms with van der Waals surface area (Å²) in [6.45, 7) is 5.92. The van der Waals surface area contributed by atoms with Gasteiger partial charge in [0.25, 0.3) is 0 Å². The number of rotatable bonds is 2. The molecular formula is C14H15ClN4. The van der Waals surface area contributed by atoms with Crippen LogP contribution < -0.4 is 5.32 Å². The number of aromatic nitrogens is 3. The standard InChI is InChI=1S/C14H15ClN4/c1-8(2)12-9-6-16-7-11(9)18-14(19-12)13-10(15)4-3-5-17-13/h3-5,8,16H,6-7H2,1-2H3. The van der Waals surface area contributed by atoms with E-state index in [9.17, 15) is 0 Å². The summed E-state index contributed by atoms with van der Waals surface area (Å²) in [5.41, 5.74) is 4.04. The molecule has 0 aliphatic carbocycles. The lowest BCUT2D eigenvalue weighted by Gasteiger charge is -2.12. The maximum absolute atomic E-state index is 6.18. The Balaban J connectivity index is 2.19. The molecule has 1 N–H and O–H groups in total. The van der Waals surface area contributed by atoms with Gasteiger partial charge in [-0.2, -0.15) is 0 Å². The van der Waals surface area contributed by atoms with Gasteiger partial charge in [-0.15, -0.1) is 0 Å². The lowest BCUT2D eigenvalue weighted by Crippen LogP contribution is -2.06. The van der Waals surface area contributed by atoms with Crippen molar-refractivity contribution in [3.05, 3.63) is 40.3 Å². The first-order chi connectivity index (χ1) is 9.16. The first-order valence-electron chi connectivity index (χ1n) is 6.38. The van der Waals surface area contributed by atoms with Gasteiger partial charge in [-0.1, -0.05) is 25.4 Å². The minimum absolute atomic E-state index is 0.359. The molecule has 0 fully saturated rings. The number of nitrogens with one attached hydrogen (secondary N) is 1. The van der Waals surface area contributed by atoms with Gasteiger partial charge < -0.3 is 5.32 Å². The van der Waals surface area contributed by atoms with Crippen LogP contribution in [0.2, 0.25) is 5.02 Å². The van der Waals surface area contributed by atoms with Crippen LogP contribution in [0.25, 0.3) is 11.5 Å². The largest absolute Gasteiger partial charge is 0.307 e. The lowest BCUT2D eigenvalue weighted by atomic mass is 10.0. The highest BCUT2D eigenvalue weighted by atomic mass is 35.5. The maximum atomic E-state index is 6.18. The summed E-state index contributed by atoms with van der Waals surface area (Å²) in [6.07, 6.45) is 1.71. The number of fused-ring (bicyclic) bond motifs is 1. The van der Waals surface area contributed by atoms with E-state index in [1.54, 1.807) is 6.20 Å². The highest BCUT2D eigenvalue weighted by Crippen LogP contribution is 2.28. The highest BCUT2D eigenvalue weighted by molar-refractivity contribution is 6.32. The molecule has 3 heterocycles. The van der Waals surface area contributed by atoms with E-state index in [2.05, 4.69) is 34.1 Å². The van der Waals surface area contributed by atoms with Crippen molar-refractivity contribution in [3.63, 3.8) is 0 Å². The number of hydrogen-bond acceptors (Lipinski definition) is 4. The Bertz CT molecular complexity index is 625. The van der Waals surface area contributed by atoms with E-state index in [4.69, 9.17) is 11.6 Å². The van der Waals surface area contributed by atoms with Crippen molar-refractivity contribution in [2.75, 3.05) is 0 Å². The van der Waals surface area contributed by atoms with E-state index in [1.807, 2.05) is 12.1 Å². The van der Waals surface area contributed by atoms with Gasteiger partial charge in [-0.05, 0) is 18.1 Å². The number of hydrogen-bond donors (Lipinski definition) is 1. The summed E-state index contributed by atoms with van der Waals surface area (Å²) >= 11 is 6.18. The van der Waals surface area contributed by atoms with Crippen molar-refractivity contribution in [2.24, 2.45) is 0 Å². The number of nitrogens with zero attached hydrogens (tertiary/aromatic N) is 3. The third-order valence-corrected chi connectivity index (χ3v) is 3.54. The molecule has 3 rings (SSSR count). The molecule has 0 saturated carbocycles. The predicted molar refractivity (Wildman–Crippen MR) is 74.9 cm³/mol. The van der Waals surface area contributed by atoms with E-state index in [1.165, 1.54) is 5.56 Å². The fraction of sp³-hybridized carbons (Fsp3) is 0.357. The van der Waals surface area contributed by atoms with Crippen LogP contribution in [0.3, 0.4) is 0 Å². The fourth-order valence-electron chi connectivity index (χ4n) is 2.33. The van der Waals surface area contributed by atoms with Crippen LogP contribution in [0, 0.1) is 0 Å². The topological polar surface area (TPSA) is 50.7 Å². The van der Waals surface area contributed by atoms with Gasteiger partial charge in [0.05, 0.1) is 16.4 Å². The molecule has 0 radical (unpaired) electrons. The minimum Gasteiger partial charge on any atom is -0.307 e. The Hall–Kier alpha value is -1.52. The second-order valence-corrected chi connectivity index (χ2v) is 5.36. The molecule has 2 aromatic rings. The van der Waals surface area contributed by atoms with Crippen LogP contribution in [0.4, 0.5) is 0 Å². The maximum Gasteiger partial charge on any atom is 0.180 e. The Morgan fingerprint density at radius 2 is 2.11 bits per heavy atom. The van der Waals surface area contributed by atoms with E-state index >= 15 is 0 Å². The van der Waals surface area contributed by atoms with Gasteiger partial charge in [0.1, 0.15) is 5.69 Å². The molecule has 2 aromatic heterocycles. The van der Waals surface area contributed by atoms with Crippen LogP contribution in [0.15, 0.2) is 18.3 Å². The molecule has 0 amide bonds. The van der Waals surface area contributed by atoms with Crippen LogP contribution in [0.1, 0.15) is 36.7 Å². The monoisotopic (exact) mass is 274 g/mol. The van der Waals surface area contributed by atoms with Gasteiger partial charge in [0.15, 0.2) is 5.82 Å². The summed E-state index contributed by atoms with van der Waals surface area (Å²) in [4.78, 5) is 13.6. The van der Waals surface area contributed by atoms with Gasteiger partial charge >= 0.3 is 0 Å². The van der Waals surface area contributed by atoms with Gasteiger partial charge in [-0.25, -0.2) is 9.97 Å². The summed E-state index contributed by atoms with van der Waals surface area (Å²) in [5.74, 6) is 0.981. The average molecular weight is 275 g/mol. The highest BCUT2D eigenvalue weighted by Gasteiger charge is 2.22. The lowest BCUT2D eigenvalue weighted by molar-refractivity contribution is 0.746. The van der Waals surface area contributed by atoms with E-state index in [-0.39, 0.29) is 0 Å². The zero-order valence-corrected chi connectivity index (χ0v) is 11.7. The molecular weight excluding hydrogens is 260 g/mol. The second kappa shape index (κ2) is 4.87. The minimum atomic E-state index is 0.359. The van der Waals surface area contributed by atoms with Gasteiger partial charge in [-0.3, -0.25) is 4.98 Å². The normalized spacial score (nSPS) is 13.9. The SMILES string of the molecule is CC(C)c1nc(-c2ncccc2Cl)nc2c1CNC2. The quantitative estimate of drug-likeness (QED) is 0.915. The first kappa shape index (κ1) is 12.5. The second-order valence-electron chi connectivity index (χ2n) is 4.95. The zero-order valence-electron chi connectivity index (χ0n) is 10.9. The molecule has 98 valence electrons. The van der Waals surface area contributed by atoms with Gasteiger partial charge in [0, 0.05) is 24.8 Å². The predicted octanol–water partition coefficient (Wildman–Crippen LogP) is 2.92. The van der Waals surface area contributed by atoms with Crippen LogP contribution in [-0.4, -0.2) is 15.0 Å². The smallest absolute Gasteiger partial charge is 0.180 e. The fourth-order valence-corrected chi connectivity index (χ4v) is 2.53. The molecule has 0 saturated heterocycles. The van der Waals surface area contributed by atoms with Gasteiger partial charge in [0.2, 0.25) is 0 Å². The third kappa shape index (κ3) is 2.22. The molecule has 0 atom stereocenters. The summed E-state index contributed by atoms with van der Waals surface area (Å²) in [7, 11) is 0. The molecule has 1 aliphatic heterocycles. The van der Waals surface area contributed by atoms with Crippen molar-refractivity contribution in [1.82, 2.24) is 20.3 Å². The summed E-state index contributed by atoms with van der Waals surface area (Å²) < 4.78 is 0. The van der Waals surface area contributed by atoms with Crippen molar-refractivity contribution in [2.45, 2.75) is 32.9 Å². The third-order valence-electron chi connectivity index (χ3n) is 3.24. The molecule has 4 nitrogen and oxygen atoms in total. The average Bonchev–Trinajstić information content (AvgIpc) is 2.86. The summed E-state index contributed by atoms with van der Waals surface area (Å²) in [5, 5.41) is 3.91. The molecule has 0 bridgehead atoms. The first-order valence-corrected chi connectivity index (χ1v) is 6.76. The Morgan fingerprint density at radius 1 is 1.26 bits per heavy atom. The van der Waals surface area contributed by atoms with Crippen LogP contribution in [0.5, 0.6) is 0 Å². The van der Waals surface area contributed by atoms with E-state index in [0.717, 1.165) is 24.5 Å². The molecule has 0 aromatic carbocycles. The van der Waals surface area contributed by atoms with E-state index < -0.39 is 0 Å². The zero-order chi connectivity index (χ0) is 13.4. The molecule has 0 spiro atoms. The Labute approximate surface area is 117 Å². The number of halogens is 1. The van der Waals surface area contributed by atoms with Crippen LogP contribution in [-0.2, 0) is 13.1 Å². The number of pyridine rings is 1. The molecule has 1 aliphatic rings. The van der Waals surface area contributed by atoms with E-state index in [0.29, 0.717) is 22.5 Å².